The maximum atomic E-state index is 11.4. The predicted octanol–water partition coefficient (Wildman–Crippen LogP) is -0.418. The number of nitrogens with zero attached hydrogens (tertiary/aromatic N) is 4. The molecule has 0 saturated heterocycles. The summed E-state index contributed by atoms with van der Waals surface area (Å²) in [4.78, 5) is 27.3. The van der Waals surface area contributed by atoms with Crippen LogP contribution < -0.4 is 10.6 Å². The molecule has 0 spiro atoms. The van der Waals surface area contributed by atoms with E-state index in [-0.39, 0.29) is 6.73 Å². The molecule has 100 valence electrons. The maximum absolute atomic E-state index is 11.4. The first kappa shape index (κ1) is 14.2. The highest BCUT2D eigenvalue weighted by Crippen LogP contribution is 1.88. The van der Waals surface area contributed by atoms with Crippen molar-refractivity contribution in [3.8, 4) is 6.07 Å². The van der Waals surface area contributed by atoms with E-state index in [1.54, 1.807) is 25.4 Å². The molecule has 19 heavy (non-hydrogen) atoms. The highest BCUT2D eigenvalue weighted by molar-refractivity contribution is 6.46. The average Bonchev–Trinajstić information content (AvgIpc) is 2.87. The van der Waals surface area contributed by atoms with Crippen molar-refractivity contribution in [2.75, 3.05) is 6.54 Å². The number of imide groups is 1. The zero-order valence-corrected chi connectivity index (χ0v) is 10.2. The lowest BCUT2D eigenvalue weighted by atomic mass is 10.4. The Morgan fingerprint density at radius 2 is 2.37 bits per heavy atom. The minimum atomic E-state index is -0.936. The van der Waals surface area contributed by atoms with Crippen LogP contribution in [-0.2, 0) is 16.4 Å². The Morgan fingerprint density at radius 3 is 2.95 bits per heavy atom. The van der Waals surface area contributed by atoms with E-state index in [2.05, 4.69) is 15.6 Å². The van der Waals surface area contributed by atoms with Crippen LogP contribution in [0.3, 0.4) is 0 Å². The van der Waals surface area contributed by atoms with Crippen molar-refractivity contribution in [2.45, 2.75) is 13.7 Å². The molecule has 0 radical (unpaired) electrons. The molecule has 0 aliphatic carbocycles. The minimum absolute atomic E-state index is 0.0490. The lowest BCUT2D eigenvalue weighted by molar-refractivity contribution is -0.113. The molecule has 1 aromatic rings. The summed E-state index contributed by atoms with van der Waals surface area (Å²) >= 11 is 0. The first-order valence-corrected chi connectivity index (χ1v) is 5.34. The van der Waals surface area contributed by atoms with Gasteiger partial charge in [-0.1, -0.05) is 5.16 Å². The van der Waals surface area contributed by atoms with Crippen LogP contribution in [0.2, 0.25) is 0 Å². The number of nitrogens with one attached hydrogen (secondary N) is 2. The molecule has 9 nitrogen and oxygen atoms in total. The number of carbonyl (C=O) groups excluding carboxylic acids is 2. The minimum Gasteiger partial charge on any atom is -0.371 e. The third kappa shape index (κ3) is 4.86. The van der Waals surface area contributed by atoms with Gasteiger partial charge in [0.05, 0.1) is 0 Å². The highest BCUT2D eigenvalue weighted by Gasteiger charge is 2.14. The van der Waals surface area contributed by atoms with Gasteiger partial charge in [0, 0.05) is 18.9 Å². The number of carbonyl (C=O) groups is 2. The second-order valence-corrected chi connectivity index (χ2v) is 3.17. The molecule has 0 aliphatic rings. The van der Waals surface area contributed by atoms with Gasteiger partial charge >= 0.3 is 6.03 Å². The summed E-state index contributed by atoms with van der Waals surface area (Å²) in [6.07, 6.45) is 3.16. The lowest BCUT2D eigenvalue weighted by Gasteiger charge is -2.03. The van der Waals surface area contributed by atoms with Gasteiger partial charge in [-0.05, 0) is 13.0 Å². The Hall–Kier alpha value is -2.89. The molecule has 3 amide bonds. The molecule has 1 aromatic heterocycles. The fraction of sp³-hybridized carbons (Fsp3) is 0.300. The maximum Gasteiger partial charge on any atom is 0.321 e. The smallest absolute Gasteiger partial charge is 0.321 e. The second-order valence-electron chi connectivity index (χ2n) is 3.17. The van der Waals surface area contributed by atoms with Gasteiger partial charge < -0.3 is 10.2 Å². The average molecular weight is 264 g/mol. The van der Waals surface area contributed by atoms with E-state index in [9.17, 15) is 9.59 Å². The molecule has 0 fully saturated rings. The Labute approximate surface area is 108 Å². The number of hydrogen-bond donors (Lipinski definition) is 2. The molecule has 0 aliphatic heterocycles. The summed E-state index contributed by atoms with van der Waals surface area (Å²) in [5.41, 5.74) is -0.557. The van der Waals surface area contributed by atoms with E-state index in [1.807, 2.05) is 5.32 Å². The summed E-state index contributed by atoms with van der Waals surface area (Å²) in [6.45, 7) is 2.00. The SMILES string of the molecule is CCNC(=O)NC(=O)C(C#N)=NOCn1cccn1. The molecular formula is C10H12N6O3. The second kappa shape index (κ2) is 7.44. The van der Waals surface area contributed by atoms with Crippen LogP contribution in [0.15, 0.2) is 23.6 Å². The molecule has 9 heteroatoms. The molecule has 0 bridgehead atoms. The lowest BCUT2D eigenvalue weighted by Crippen LogP contribution is -2.42. The zero-order valence-electron chi connectivity index (χ0n) is 10.2. The van der Waals surface area contributed by atoms with Gasteiger partial charge in [-0.25, -0.2) is 9.48 Å². The van der Waals surface area contributed by atoms with Gasteiger partial charge in [-0.3, -0.25) is 10.1 Å². The van der Waals surface area contributed by atoms with E-state index in [1.165, 1.54) is 10.8 Å². The largest absolute Gasteiger partial charge is 0.371 e. The quantitative estimate of drug-likeness (QED) is 0.552. The Balaban J connectivity index is 2.49. The van der Waals surface area contributed by atoms with E-state index in [0.29, 0.717) is 6.54 Å². The Kier molecular flexibility index (Phi) is 5.55. The fourth-order valence-electron chi connectivity index (χ4n) is 1.01. The van der Waals surface area contributed by atoms with Gasteiger partial charge in [-0.2, -0.15) is 10.4 Å². The van der Waals surface area contributed by atoms with Crippen LogP contribution in [0.4, 0.5) is 4.79 Å². The summed E-state index contributed by atoms with van der Waals surface area (Å²) in [5.74, 6) is -0.936. The number of aromatic nitrogens is 2. The fourth-order valence-corrected chi connectivity index (χ4v) is 1.01. The third-order valence-corrected chi connectivity index (χ3v) is 1.79. The van der Waals surface area contributed by atoms with E-state index in [4.69, 9.17) is 10.1 Å². The number of hydrogen-bond acceptors (Lipinski definition) is 6. The van der Waals surface area contributed by atoms with Crippen molar-refractivity contribution in [1.82, 2.24) is 20.4 Å². The number of urea groups is 1. The summed E-state index contributed by atoms with van der Waals surface area (Å²) in [5, 5.41) is 20.2. The third-order valence-electron chi connectivity index (χ3n) is 1.79. The molecule has 0 unspecified atom stereocenters. The van der Waals surface area contributed by atoms with Gasteiger partial charge in [0.15, 0.2) is 0 Å². The van der Waals surface area contributed by atoms with Crippen LogP contribution >= 0.6 is 0 Å². The first-order chi connectivity index (χ1) is 9.17. The summed E-state index contributed by atoms with van der Waals surface area (Å²) in [7, 11) is 0. The van der Waals surface area contributed by atoms with Gasteiger partial charge in [0.25, 0.3) is 5.91 Å². The van der Waals surface area contributed by atoms with Crippen molar-refractivity contribution in [3.63, 3.8) is 0 Å². The predicted molar refractivity (Wildman–Crippen MR) is 63.6 cm³/mol. The normalized spacial score (nSPS) is 10.4. The van der Waals surface area contributed by atoms with Gasteiger partial charge in [0.1, 0.15) is 6.07 Å². The summed E-state index contributed by atoms with van der Waals surface area (Å²) < 4.78 is 1.40. The summed E-state index contributed by atoms with van der Waals surface area (Å²) in [6, 6.07) is 2.51. The molecule has 2 N–H and O–H groups in total. The van der Waals surface area contributed by atoms with Gasteiger partial charge in [0.2, 0.25) is 12.4 Å². The Bertz CT molecular complexity index is 502. The molecule has 0 atom stereocenters. The van der Waals surface area contributed by atoms with Crippen LogP contribution in [0.1, 0.15) is 6.92 Å². The van der Waals surface area contributed by atoms with E-state index < -0.39 is 17.6 Å². The molecule has 1 heterocycles. The first-order valence-electron chi connectivity index (χ1n) is 5.34. The number of rotatable bonds is 5. The number of nitriles is 1. The molecule has 0 aromatic carbocycles. The Morgan fingerprint density at radius 1 is 1.58 bits per heavy atom. The van der Waals surface area contributed by atoms with Gasteiger partial charge in [-0.15, -0.1) is 0 Å². The van der Waals surface area contributed by atoms with Crippen LogP contribution in [0.25, 0.3) is 0 Å². The molecule has 0 saturated carbocycles. The topological polar surface area (TPSA) is 121 Å². The van der Waals surface area contributed by atoms with Crippen LogP contribution in [0.5, 0.6) is 0 Å². The zero-order chi connectivity index (χ0) is 14.1. The standard InChI is InChI=1S/C10H12N6O3/c1-2-12-10(18)14-9(17)8(6-11)15-19-7-16-5-3-4-13-16/h3-5H,2,7H2,1H3,(H2,12,14,17,18). The van der Waals surface area contributed by atoms with E-state index in [0.717, 1.165) is 0 Å². The number of amides is 3. The molecule has 1 rings (SSSR count). The monoisotopic (exact) mass is 264 g/mol. The van der Waals surface area contributed by atoms with Crippen molar-refractivity contribution in [3.05, 3.63) is 18.5 Å². The van der Waals surface area contributed by atoms with Crippen molar-refractivity contribution in [2.24, 2.45) is 5.16 Å². The van der Waals surface area contributed by atoms with Crippen molar-refractivity contribution in [1.29, 1.82) is 5.26 Å². The highest BCUT2D eigenvalue weighted by atomic mass is 16.6. The molecular weight excluding hydrogens is 252 g/mol. The van der Waals surface area contributed by atoms with Crippen LogP contribution in [-0.4, -0.2) is 34.0 Å². The van der Waals surface area contributed by atoms with E-state index >= 15 is 0 Å². The van der Waals surface area contributed by atoms with Crippen LogP contribution in [0, 0.1) is 11.3 Å². The van der Waals surface area contributed by atoms with Crippen molar-refractivity contribution < 1.29 is 14.4 Å². The number of oxime groups is 1. The van der Waals surface area contributed by atoms with Crippen molar-refractivity contribution >= 4 is 17.6 Å².